The standard InChI is InChI=1S/C18H22N2O2.ClH/c1-13-7-6-8-14(2)18(13)22-16-10-5-4-9-15(16)20-17(21)11-12-19-3;/h4-10,19H,11-12H2,1-3H3,(H,20,21);1H. The molecular weight excluding hydrogens is 312 g/mol. The summed E-state index contributed by atoms with van der Waals surface area (Å²) in [6, 6.07) is 13.5. The molecule has 0 fully saturated rings. The average molecular weight is 335 g/mol. The van der Waals surface area contributed by atoms with Gasteiger partial charge in [0.25, 0.3) is 0 Å². The number of hydrogen-bond donors (Lipinski definition) is 2. The number of hydrogen-bond acceptors (Lipinski definition) is 3. The Bertz CT molecular complexity index is 639. The van der Waals surface area contributed by atoms with E-state index in [1.54, 1.807) is 0 Å². The van der Waals surface area contributed by atoms with Crippen LogP contribution in [0.2, 0.25) is 0 Å². The summed E-state index contributed by atoms with van der Waals surface area (Å²) in [4.78, 5) is 11.9. The number of aryl methyl sites for hydroxylation is 2. The number of rotatable bonds is 6. The van der Waals surface area contributed by atoms with Crippen molar-refractivity contribution in [1.29, 1.82) is 0 Å². The number of carbonyl (C=O) groups excluding carboxylic acids is 1. The summed E-state index contributed by atoms with van der Waals surface area (Å²) in [5.41, 5.74) is 2.82. The fourth-order valence-electron chi connectivity index (χ4n) is 2.18. The molecule has 0 saturated carbocycles. The third-order valence-electron chi connectivity index (χ3n) is 3.38. The van der Waals surface area contributed by atoms with E-state index in [9.17, 15) is 4.79 Å². The van der Waals surface area contributed by atoms with Crippen LogP contribution >= 0.6 is 12.4 Å². The van der Waals surface area contributed by atoms with Crippen LogP contribution in [0.15, 0.2) is 42.5 Å². The quantitative estimate of drug-likeness (QED) is 0.837. The van der Waals surface area contributed by atoms with Gasteiger partial charge >= 0.3 is 0 Å². The molecule has 0 radical (unpaired) electrons. The minimum atomic E-state index is -0.0353. The fraction of sp³-hybridized carbons (Fsp3) is 0.278. The average Bonchev–Trinajstić information content (AvgIpc) is 2.50. The van der Waals surface area contributed by atoms with Gasteiger partial charge in [0.15, 0.2) is 5.75 Å². The van der Waals surface area contributed by atoms with Crippen LogP contribution in [0.4, 0.5) is 5.69 Å². The van der Waals surface area contributed by atoms with Gasteiger partial charge in [-0.2, -0.15) is 0 Å². The lowest BCUT2D eigenvalue weighted by atomic mass is 10.1. The molecule has 2 rings (SSSR count). The van der Waals surface area contributed by atoms with Crippen molar-refractivity contribution in [3.63, 3.8) is 0 Å². The first-order chi connectivity index (χ1) is 10.6. The Morgan fingerprint density at radius 1 is 1.04 bits per heavy atom. The monoisotopic (exact) mass is 334 g/mol. The predicted molar refractivity (Wildman–Crippen MR) is 96.9 cm³/mol. The molecule has 0 heterocycles. The highest BCUT2D eigenvalue weighted by Gasteiger charge is 2.10. The lowest BCUT2D eigenvalue weighted by Crippen LogP contribution is -2.19. The van der Waals surface area contributed by atoms with E-state index in [-0.39, 0.29) is 18.3 Å². The van der Waals surface area contributed by atoms with Gasteiger partial charge in [-0.1, -0.05) is 30.3 Å². The molecule has 0 aliphatic rings. The van der Waals surface area contributed by atoms with E-state index in [0.717, 1.165) is 16.9 Å². The lowest BCUT2D eigenvalue weighted by molar-refractivity contribution is -0.116. The topological polar surface area (TPSA) is 50.4 Å². The third kappa shape index (κ3) is 5.27. The number of para-hydroxylation sites is 3. The predicted octanol–water partition coefficient (Wildman–Crippen LogP) is 4.07. The molecule has 2 aromatic carbocycles. The lowest BCUT2D eigenvalue weighted by Gasteiger charge is -2.15. The van der Waals surface area contributed by atoms with Gasteiger partial charge in [-0.3, -0.25) is 4.79 Å². The molecule has 0 unspecified atom stereocenters. The summed E-state index contributed by atoms with van der Waals surface area (Å²) in [6.07, 6.45) is 0.425. The molecule has 5 heteroatoms. The van der Waals surface area contributed by atoms with Crippen molar-refractivity contribution in [2.45, 2.75) is 20.3 Å². The molecule has 0 aliphatic carbocycles. The van der Waals surface area contributed by atoms with Crippen molar-refractivity contribution < 1.29 is 9.53 Å². The normalized spacial score (nSPS) is 9.87. The summed E-state index contributed by atoms with van der Waals surface area (Å²) in [5, 5.41) is 5.86. The van der Waals surface area contributed by atoms with Crippen LogP contribution in [0.5, 0.6) is 11.5 Å². The highest BCUT2D eigenvalue weighted by Crippen LogP contribution is 2.33. The Morgan fingerprint density at radius 2 is 1.70 bits per heavy atom. The second-order valence-corrected chi connectivity index (χ2v) is 5.22. The number of carbonyl (C=O) groups is 1. The van der Waals surface area contributed by atoms with Gasteiger partial charge in [-0.25, -0.2) is 0 Å². The van der Waals surface area contributed by atoms with E-state index >= 15 is 0 Å². The number of halogens is 1. The van der Waals surface area contributed by atoms with E-state index in [0.29, 0.717) is 24.4 Å². The summed E-state index contributed by atoms with van der Waals surface area (Å²) >= 11 is 0. The molecule has 0 aromatic heterocycles. The first-order valence-electron chi connectivity index (χ1n) is 7.39. The van der Waals surface area contributed by atoms with Gasteiger partial charge in [0, 0.05) is 13.0 Å². The number of ether oxygens (including phenoxy) is 1. The second-order valence-electron chi connectivity index (χ2n) is 5.22. The van der Waals surface area contributed by atoms with Crippen molar-refractivity contribution >= 4 is 24.0 Å². The number of amides is 1. The second kappa shape index (κ2) is 9.18. The van der Waals surface area contributed by atoms with Crippen molar-refractivity contribution in [3.05, 3.63) is 53.6 Å². The molecule has 0 bridgehead atoms. The van der Waals surface area contributed by atoms with Gasteiger partial charge < -0.3 is 15.4 Å². The summed E-state index contributed by atoms with van der Waals surface area (Å²) in [7, 11) is 1.82. The van der Waals surface area contributed by atoms with Crippen molar-refractivity contribution in [2.24, 2.45) is 0 Å². The molecule has 23 heavy (non-hydrogen) atoms. The van der Waals surface area contributed by atoms with Crippen LogP contribution in [-0.2, 0) is 4.79 Å². The van der Waals surface area contributed by atoms with Gasteiger partial charge in [-0.15, -0.1) is 12.4 Å². The minimum Gasteiger partial charge on any atom is -0.455 e. The van der Waals surface area contributed by atoms with E-state index in [1.807, 2.05) is 63.4 Å². The van der Waals surface area contributed by atoms with Gasteiger partial charge in [0.05, 0.1) is 5.69 Å². The van der Waals surface area contributed by atoms with Crippen molar-refractivity contribution in [1.82, 2.24) is 5.32 Å². The molecular formula is C18H23ClN2O2. The van der Waals surface area contributed by atoms with Gasteiger partial charge in [-0.05, 0) is 44.2 Å². The number of benzene rings is 2. The molecule has 124 valence electrons. The SMILES string of the molecule is CNCCC(=O)Nc1ccccc1Oc1c(C)cccc1C.Cl. The Balaban J connectivity index is 0.00000264. The molecule has 1 amide bonds. The number of nitrogens with one attached hydrogen (secondary N) is 2. The Labute approximate surface area is 143 Å². The van der Waals surface area contributed by atoms with Crippen LogP contribution < -0.4 is 15.4 Å². The Morgan fingerprint density at radius 3 is 2.35 bits per heavy atom. The van der Waals surface area contributed by atoms with E-state index < -0.39 is 0 Å². The highest BCUT2D eigenvalue weighted by molar-refractivity contribution is 5.92. The molecule has 0 saturated heterocycles. The van der Waals surface area contributed by atoms with Crippen molar-refractivity contribution in [2.75, 3.05) is 18.9 Å². The van der Waals surface area contributed by atoms with Crippen LogP contribution in [0.25, 0.3) is 0 Å². The van der Waals surface area contributed by atoms with Crippen LogP contribution in [0.3, 0.4) is 0 Å². The molecule has 2 N–H and O–H groups in total. The molecule has 0 spiro atoms. The van der Waals surface area contributed by atoms with Crippen molar-refractivity contribution in [3.8, 4) is 11.5 Å². The Kier molecular flexibility index (Phi) is 7.59. The zero-order valence-electron chi connectivity index (χ0n) is 13.7. The molecule has 2 aromatic rings. The minimum absolute atomic E-state index is 0. The van der Waals surface area contributed by atoms with Gasteiger partial charge in [0.1, 0.15) is 5.75 Å². The number of anilines is 1. The van der Waals surface area contributed by atoms with Crippen LogP contribution in [-0.4, -0.2) is 19.5 Å². The zero-order chi connectivity index (χ0) is 15.9. The summed E-state index contributed by atoms with van der Waals surface area (Å²) in [6.45, 7) is 4.67. The maximum atomic E-state index is 11.9. The van der Waals surface area contributed by atoms with E-state index in [1.165, 1.54) is 0 Å². The van der Waals surface area contributed by atoms with E-state index in [2.05, 4.69) is 10.6 Å². The highest BCUT2D eigenvalue weighted by atomic mass is 35.5. The molecule has 0 atom stereocenters. The third-order valence-corrected chi connectivity index (χ3v) is 3.38. The first kappa shape index (κ1) is 19.0. The Hall–Kier alpha value is -2.04. The fourth-order valence-corrected chi connectivity index (χ4v) is 2.18. The zero-order valence-corrected chi connectivity index (χ0v) is 14.5. The molecule has 4 nitrogen and oxygen atoms in total. The first-order valence-corrected chi connectivity index (χ1v) is 7.39. The summed E-state index contributed by atoms with van der Waals surface area (Å²) < 4.78 is 6.05. The van der Waals surface area contributed by atoms with Crippen LogP contribution in [0, 0.1) is 13.8 Å². The van der Waals surface area contributed by atoms with Gasteiger partial charge in [0.2, 0.25) is 5.91 Å². The smallest absolute Gasteiger partial charge is 0.225 e. The van der Waals surface area contributed by atoms with E-state index in [4.69, 9.17) is 4.74 Å². The maximum Gasteiger partial charge on any atom is 0.225 e. The largest absolute Gasteiger partial charge is 0.455 e. The molecule has 0 aliphatic heterocycles. The summed E-state index contributed by atoms with van der Waals surface area (Å²) in [5.74, 6) is 1.45. The maximum absolute atomic E-state index is 11.9. The van der Waals surface area contributed by atoms with Crippen LogP contribution in [0.1, 0.15) is 17.5 Å².